The van der Waals surface area contributed by atoms with Gasteiger partial charge in [0.25, 0.3) is 0 Å². The molecular weight excluding hydrogens is 396 g/mol. The third-order valence-electron chi connectivity index (χ3n) is 5.17. The maximum Gasteiger partial charge on any atom is 0.204 e. The van der Waals surface area contributed by atoms with Crippen LogP contribution in [0.15, 0.2) is 44.6 Å². The average molecular weight is 424 g/mol. The predicted octanol–water partition coefficient (Wildman–Crippen LogP) is 5.39. The van der Waals surface area contributed by atoms with E-state index in [2.05, 4.69) is 0 Å². The summed E-state index contributed by atoms with van der Waals surface area (Å²) in [7, 11) is 2.93. The highest BCUT2D eigenvalue weighted by molar-refractivity contribution is 5.99. The topological polar surface area (TPSA) is 89.1 Å². The quantitative estimate of drug-likeness (QED) is 0.407. The van der Waals surface area contributed by atoms with Crippen molar-refractivity contribution in [2.24, 2.45) is 0 Å². The number of ether oxygens (including phenoxy) is 2. The number of aromatic hydroxyl groups is 2. The highest BCUT2D eigenvalue weighted by Crippen LogP contribution is 2.41. The minimum atomic E-state index is -0.412. The van der Waals surface area contributed by atoms with Gasteiger partial charge in [0.15, 0.2) is 11.3 Å². The second-order valence-electron chi connectivity index (χ2n) is 7.97. The van der Waals surface area contributed by atoms with Crippen molar-refractivity contribution in [3.8, 4) is 23.0 Å². The molecule has 1 aromatic heterocycles. The lowest BCUT2D eigenvalue weighted by molar-refractivity contribution is 0.371. The zero-order valence-electron chi connectivity index (χ0n) is 18.8. The van der Waals surface area contributed by atoms with Gasteiger partial charge in [0.05, 0.1) is 19.6 Å². The molecular formula is C25H28O6. The van der Waals surface area contributed by atoms with Crippen LogP contribution in [0.5, 0.6) is 23.0 Å². The molecule has 0 aliphatic carbocycles. The maximum atomic E-state index is 13.6. The van der Waals surface area contributed by atoms with Crippen LogP contribution >= 0.6 is 0 Å². The number of rotatable bonds is 6. The van der Waals surface area contributed by atoms with Crippen LogP contribution in [0.2, 0.25) is 0 Å². The molecule has 6 nitrogen and oxygen atoms in total. The van der Waals surface area contributed by atoms with E-state index in [0.717, 1.165) is 11.1 Å². The van der Waals surface area contributed by atoms with Crippen molar-refractivity contribution in [3.63, 3.8) is 0 Å². The summed E-state index contributed by atoms with van der Waals surface area (Å²) in [4.78, 5) is 13.6. The van der Waals surface area contributed by atoms with Crippen LogP contribution in [0.25, 0.3) is 21.9 Å². The summed E-state index contributed by atoms with van der Waals surface area (Å²) in [6, 6.07) is 3.06. The van der Waals surface area contributed by atoms with Crippen LogP contribution in [0.1, 0.15) is 38.8 Å². The average Bonchev–Trinajstić information content (AvgIpc) is 2.72. The molecule has 0 unspecified atom stereocenters. The molecule has 0 radical (unpaired) electrons. The van der Waals surface area contributed by atoms with Gasteiger partial charge in [-0.2, -0.15) is 0 Å². The number of phenols is 2. The highest BCUT2D eigenvalue weighted by Gasteiger charge is 2.23. The summed E-state index contributed by atoms with van der Waals surface area (Å²) in [6.07, 6.45) is 4.84. The highest BCUT2D eigenvalue weighted by atomic mass is 16.5. The zero-order valence-corrected chi connectivity index (χ0v) is 18.8. The van der Waals surface area contributed by atoms with Crippen molar-refractivity contribution < 1.29 is 24.1 Å². The first-order chi connectivity index (χ1) is 14.7. The van der Waals surface area contributed by atoms with Gasteiger partial charge < -0.3 is 24.1 Å². The molecule has 164 valence electrons. The Bertz CT molecular complexity index is 1270. The molecule has 6 heteroatoms. The third kappa shape index (κ3) is 4.10. The summed E-state index contributed by atoms with van der Waals surface area (Å²) >= 11 is 0. The molecule has 0 saturated carbocycles. The fourth-order valence-electron chi connectivity index (χ4n) is 3.56. The van der Waals surface area contributed by atoms with E-state index in [1.54, 1.807) is 6.07 Å². The Kier molecular flexibility index (Phi) is 6.29. The number of hydrogen-bond acceptors (Lipinski definition) is 6. The van der Waals surface area contributed by atoms with E-state index in [9.17, 15) is 15.0 Å². The second-order valence-corrected chi connectivity index (χ2v) is 7.97. The number of phenolic OH excluding ortho intramolecular Hbond substituents is 2. The molecule has 1 heterocycles. The number of benzene rings is 2. The van der Waals surface area contributed by atoms with E-state index in [1.165, 1.54) is 20.3 Å². The molecule has 31 heavy (non-hydrogen) atoms. The molecule has 3 rings (SSSR count). The molecule has 0 saturated heterocycles. The van der Waals surface area contributed by atoms with Gasteiger partial charge in [0.1, 0.15) is 22.5 Å². The summed E-state index contributed by atoms with van der Waals surface area (Å²) in [5, 5.41) is 21.7. The summed E-state index contributed by atoms with van der Waals surface area (Å²) in [5.74, 6) is 0.127. The lowest BCUT2D eigenvalue weighted by atomic mass is 9.99. The van der Waals surface area contributed by atoms with E-state index in [0.29, 0.717) is 29.7 Å². The maximum absolute atomic E-state index is 13.6. The zero-order chi connectivity index (χ0) is 22.9. The van der Waals surface area contributed by atoms with Gasteiger partial charge in [0, 0.05) is 11.6 Å². The van der Waals surface area contributed by atoms with Gasteiger partial charge in [-0.05, 0) is 52.2 Å². The minimum absolute atomic E-state index is 0.0279. The van der Waals surface area contributed by atoms with E-state index in [4.69, 9.17) is 13.9 Å². The van der Waals surface area contributed by atoms with Gasteiger partial charge in [-0.1, -0.05) is 23.3 Å². The number of methoxy groups -OCH3 is 2. The fourth-order valence-corrected chi connectivity index (χ4v) is 3.56. The Morgan fingerprint density at radius 3 is 2.10 bits per heavy atom. The van der Waals surface area contributed by atoms with Crippen LogP contribution < -0.4 is 14.9 Å². The van der Waals surface area contributed by atoms with E-state index in [1.807, 2.05) is 39.8 Å². The normalized spacial score (nSPS) is 10.9. The van der Waals surface area contributed by atoms with Gasteiger partial charge in [0.2, 0.25) is 11.2 Å². The van der Waals surface area contributed by atoms with Crippen molar-refractivity contribution in [2.45, 2.75) is 40.5 Å². The largest absolute Gasteiger partial charge is 0.507 e. The van der Waals surface area contributed by atoms with Crippen molar-refractivity contribution in [2.75, 3.05) is 14.2 Å². The van der Waals surface area contributed by atoms with Crippen LogP contribution in [-0.2, 0) is 12.8 Å². The molecule has 0 atom stereocenters. The predicted molar refractivity (Wildman–Crippen MR) is 123 cm³/mol. The Morgan fingerprint density at radius 1 is 0.903 bits per heavy atom. The van der Waals surface area contributed by atoms with Gasteiger partial charge in [-0.25, -0.2) is 0 Å². The van der Waals surface area contributed by atoms with E-state index >= 15 is 0 Å². The Balaban J connectivity index is 2.52. The van der Waals surface area contributed by atoms with Crippen molar-refractivity contribution in [1.29, 1.82) is 0 Å². The van der Waals surface area contributed by atoms with Crippen LogP contribution in [0.3, 0.4) is 0 Å². The molecule has 0 aliphatic heterocycles. The number of hydrogen-bond donors (Lipinski definition) is 2. The monoisotopic (exact) mass is 424 g/mol. The molecule has 3 aromatic rings. The first-order valence-electron chi connectivity index (χ1n) is 10.0. The van der Waals surface area contributed by atoms with Gasteiger partial charge in [-0.3, -0.25) is 4.79 Å². The molecule has 2 aromatic carbocycles. The minimum Gasteiger partial charge on any atom is -0.507 e. The third-order valence-corrected chi connectivity index (χ3v) is 5.17. The lowest BCUT2D eigenvalue weighted by Gasteiger charge is -2.15. The SMILES string of the molecule is COc1cc(CC=C(C)C)c2c(=O)c3c(O)cc(OC)c(CC=C(C)C)c3oc2c1O. The molecule has 2 N–H and O–H groups in total. The second kappa shape index (κ2) is 8.76. The van der Waals surface area contributed by atoms with E-state index in [-0.39, 0.29) is 39.2 Å². The Hall–Kier alpha value is -3.41. The van der Waals surface area contributed by atoms with Gasteiger partial charge in [-0.15, -0.1) is 0 Å². The molecule has 0 aliphatic rings. The summed E-state index contributed by atoms with van der Waals surface area (Å²) in [5.41, 5.74) is 3.22. The van der Waals surface area contributed by atoms with Crippen molar-refractivity contribution >= 4 is 21.9 Å². The first-order valence-corrected chi connectivity index (χ1v) is 10.0. The smallest absolute Gasteiger partial charge is 0.204 e. The molecule has 0 fully saturated rings. The van der Waals surface area contributed by atoms with Crippen LogP contribution in [0, 0.1) is 0 Å². The standard InChI is InChI=1S/C25H28O6/c1-13(2)7-9-15-11-19(30-6)22(27)25-20(15)23(28)21-17(26)12-18(29-5)16(24(21)31-25)10-8-14(3)4/h7-8,11-12,26-27H,9-10H2,1-6H3. The number of fused-ring (bicyclic) bond motifs is 2. The lowest BCUT2D eigenvalue weighted by Crippen LogP contribution is -2.08. The van der Waals surface area contributed by atoms with Crippen LogP contribution in [-0.4, -0.2) is 24.4 Å². The summed E-state index contributed by atoms with van der Waals surface area (Å²) < 4.78 is 16.9. The van der Waals surface area contributed by atoms with Crippen LogP contribution in [0.4, 0.5) is 0 Å². The van der Waals surface area contributed by atoms with E-state index < -0.39 is 5.43 Å². The molecule has 0 amide bonds. The number of allylic oxidation sites excluding steroid dienone is 4. The summed E-state index contributed by atoms with van der Waals surface area (Å²) in [6.45, 7) is 7.86. The van der Waals surface area contributed by atoms with Crippen molar-refractivity contribution in [1.82, 2.24) is 0 Å². The molecule has 0 spiro atoms. The van der Waals surface area contributed by atoms with Crippen molar-refractivity contribution in [3.05, 3.63) is 56.8 Å². The molecule has 0 bridgehead atoms. The Morgan fingerprint density at radius 2 is 1.52 bits per heavy atom. The Labute approximate surface area is 181 Å². The fraction of sp³-hybridized carbons (Fsp3) is 0.320. The van der Waals surface area contributed by atoms with Gasteiger partial charge >= 0.3 is 0 Å². The first kappa shape index (κ1) is 22.3.